The van der Waals surface area contributed by atoms with Crippen LogP contribution in [0.15, 0.2) is 24.3 Å². The monoisotopic (exact) mass is 345 g/mol. The number of amides is 1. The molecule has 1 aliphatic rings. The maximum Gasteiger partial charge on any atom is 0.224 e. The number of hydrogen-bond donors (Lipinski definition) is 1. The standard InChI is InChI=1S/C13H16INO2/c14-10-3-5-11(6-4-10)15-13(16)8-7-12-2-1-9-17-12/h3-6,12H,1-2,7-9H2,(H,15,16)/t12-/m0/s1. The van der Waals surface area contributed by atoms with Gasteiger partial charge in [0, 0.05) is 22.3 Å². The number of carbonyl (C=O) groups excluding carboxylic acids is 1. The van der Waals surface area contributed by atoms with Crippen LogP contribution in [0, 0.1) is 3.57 Å². The van der Waals surface area contributed by atoms with E-state index < -0.39 is 0 Å². The normalized spacial score (nSPS) is 19.2. The van der Waals surface area contributed by atoms with Crippen molar-refractivity contribution < 1.29 is 9.53 Å². The van der Waals surface area contributed by atoms with Crippen LogP contribution in [0.1, 0.15) is 25.7 Å². The van der Waals surface area contributed by atoms with Gasteiger partial charge in [-0.25, -0.2) is 0 Å². The number of carbonyl (C=O) groups is 1. The lowest BCUT2D eigenvalue weighted by molar-refractivity contribution is -0.116. The Labute approximate surface area is 115 Å². The molecule has 0 aromatic heterocycles. The average molecular weight is 345 g/mol. The van der Waals surface area contributed by atoms with E-state index in [1.165, 1.54) is 3.57 Å². The summed E-state index contributed by atoms with van der Waals surface area (Å²) in [6.45, 7) is 0.851. The lowest BCUT2D eigenvalue weighted by Crippen LogP contribution is -2.15. The summed E-state index contributed by atoms with van der Waals surface area (Å²) in [5.74, 6) is 0.0710. The Hall–Kier alpha value is -0.620. The van der Waals surface area contributed by atoms with E-state index in [-0.39, 0.29) is 12.0 Å². The third-order valence-corrected chi connectivity index (χ3v) is 3.56. The van der Waals surface area contributed by atoms with Gasteiger partial charge in [-0.05, 0) is 66.1 Å². The van der Waals surface area contributed by atoms with Gasteiger partial charge < -0.3 is 10.1 Å². The topological polar surface area (TPSA) is 38.3 Å². The van der Waals surface area contributed by atoms with Crippen molar-refractivity contribution in [3.05, 3.63) is 27.8 Å². The van der Waals surface area contributed by atoms with Gasteiger partial charge in [0.1, 0.15) is 0 Å². The highest BCUT2D eigenvalue weighted by Crippen LogP contribution is 2.17. The average Bonchev–Trinajstić information content (AvgIpc) is 2.83. The van der Waals surface area contributed by atoms with Crippen molar-refractivity contribution in [2.45, 2.75) is 31.8 Å². The fraction of sp³-hybridized carbons (Fsp3) is 0.462. The summed E-state index contributed by atoms with van der Waals surface area (Å²) in [5.41, 5.74) is 0.864. The minimum Gasteiger partial charge on any atom is -0.378 e. The summed E-state index contributed by atoms with van der Waals surface area (Å²) >= 11 is 2.24. The molecule has 0 saturated carbocycles. The van der Waals surface area contributed by atoms with Gasteiger partial charge in [0.25, 0.3) is 0 Å². The molecule has 0 aliphatic carbocycles. The third-order valence-electron chi connectivity index (χ3n) is 2.85. The van der Waals surface area contributed by atoms with Gasteiger partial charge in [-0.15, -0.1) is 0 Å². The molecule has 2 rings (SSSR count). The first-order valence-electron chi connectivity index (χ1n) is 5.91. The fourth-order valence-corrected chi connectivity index (χ4v) is 2.28. The van der Waals surface area contributed by atoms with Crippen molar-refractivity contribution >= 4 is 34.2 Å². The molecule has 1 heterocycles. The number of hydrogen-bond acceptors (Lipinski definition) is 2. The van der Waals surface area contributed by atoms with Crippen LogP contribution in [0.4, 0.5) is 5.69 Å². The zero-order valence-corrected chi connectivity index (χ0v) is 11.8. The Morgan fingerprint density at radius 2 is 2.18 bits per heavy atom. The first-order valence-corrected chi connectivity index (χ1v) is 6.99. The van der Waals surface area contributed by atoms with Crippen molar-refractivity contribution in [3.8, 4) is 0 Å². The number of anilines is 1. The van der Waals surface area contributed by atoms with Crippen molar-refractivity contribution in [2.24, 2.45) is 0 Å². The predicted molar refractivity (Wildman–Crippen MR) is 76.0 cm³/mol. The van der Waals surface area contributed by atoms with Crippen LogP contribution in [0.2, 0.25) is 0 Å². The van der Waals surface area contributed by atoms with Crippen molar-refractivity contribution in [3.63, 3.8) is 0 Å². The molecular formula is C13H16INO2. The fourth-order valence-electron chi connectivity index (χ4n) is 1.92. The van der Waals surface area contributed by atoms with E-state index in [4.69, 9.17) is 4.74 Å². The second-order valence-electron chi connectivity index (χ2n) is 4.23. The number of rotatable bonds is 4. The van der Waals surface area contributed by atoms with E-state index in [1.807, 2.05) is 24.3 Å². The van der Waals surface area contributed by atoms with Crippen molar-refractivity contribution in [1.29, 1.82) is 0 Å². The largest absolute Gasteiger partial charge is 0.378 e. The molecule has 0 unspecified atom stereocenters. The second-order valence-corrected chi connectivity index (χ2v) is 5.47. The zero-order valence-electron chi connectivity index (χ0n) is 9.62. The van der Waals surface area contributed by atoms with Gasteiger partial charge in [0.15, 0.2) is 0 Å². The summed E-state index contributed by atoms with van der Waals surface area (Å²) in [4.78, 5) is 11.7. The summed E-state index contributed by atoms with van der Waals surface area (Å²) < 4.78 is 6.65. The first kappa shape index (κ1) is 12.8. The Balaban J connectivity index is 1.74. The smallest absolute Gasteiger partial charge is 0.224 e. The molecule has 17 heavy (non-hydrogen) atoms. The van der Waals surface area contributed by atoms with E-state index in [1.54, 1.807) is 0 Å². The van der Waals surface area contributed by atoms with Crippen molar-refractivity contribution in [1.82, 2.24) is 0 Å². The molecule has 1 atom stereocenters. The Morgan fingerprint density at radius 3 is 2.82 bits per heavy atom. The summed E-state index contributed by atoms with van der Waals surface area (Å²) in [7, 11) is 0. The van der Waals surface area contributed by atoms with Gasteiger partial charge in [-0.3, -0.25) is 4.79 Å². The number of ether oxygens (including phenoxy) is 1. The highest BCUT2D eigenvalue weighted by Gasteiger charge is 2.16. The molecular weight excluding hydrogens is 329 g/mol. The van der Waals surface area contributed by atoms with Crippen LogP contribution in [-0.2, 0) is 9.53 Å². The molecule has 4 heteroatoms. The molecule has 1 saturated heterocycles. The SMILES string of the molecule is O=C(CC[C@@H]1CCCO1)Nc1ccc(I)cc1. The third kappa shape index (κ3) is 4.27. The van der Waals surface area contributed by atoms with Crippen LogP contribution < -0.4 is 5.32 Å². The highest BCUT2D eigenvalue weighted by molar-refractivity contribution is 14.1. The molecule has 1 amide bonds. The Morgan fingerprint density at radius 1 is 1.41 bits per heavy atom. The van der Waals surface area contributed by atoms with Gasteiger partial charge in [-0.2, -0.15) is 0 Å². The summed E-state index contributed by atoms with van der Waals surface area (Å²) in [6, 6.07) is 7.81. The molecule has 1 fully saturated rings. The minimum atomic E-state index is 0.0710. The van der Waals surface area contributed by atoms with Gasteiger partial charge >= 0.3 is 0 Å². The van der Waals surface area contributed by atoms with Crippen molar-refractivity contribution in [2.75, 3.05) is 11.9 Å². The van der Waals surface area contributed by atoms with E-state index >= 15 is 0 Å². The molecule has 1 aliphatic heterocycles. The maximum atomic E-state index is 11.7. The van der Waals surface area contributed by atoms with E-state index in [0.29, 0.717) is 6.42 Å². The number of benzene rings is 1. The van der Waals surface area contributed by atoms with Crippen LogP contribution in [0.25, 0.3) is 0 Å². The predicted octanol–water partition coefficient (Wildman–Crippen LogP) is 3.19. The molecule has 1 N–H and O–H groups in total. The van der Waals surface area contributed by atoms with E-state index in [0.717, 1.165) is 31.6 Å². The lowest BCUT2D eigenvalue weighted by atomic mass is 10.1. The zero-order chi connectivity index (χ0) is 12.1. The molecule has 92 valence electrons. The molecule has 0 spiro atoms. The lowest BCUT2D eigenvalue weighted by Gasteiger charge is -2.09. The van der Waals surface area contributed by atoms with Crippen LogP contribution in [0.5, 0.6) is 0 Å². The van der Waals surface area contributed by atoms with E-state index in [2.05, 4.69) is 27.9 Å². The Bertz CT molecular complexity index is 372. The first-order chi connectivity index (χ1) is 8.24. The highest BCUT2D eigenvalue weighted by atomic mass is 127. The number of nitrogens with one attached hydrogen (secondary N) is 1. The van der Waals surface area contributed by atoms with Gasteiger partial charge in [0.05, 0.1) is 6.10 Å². The van der Waals surface area contributed by atoms with Crippen LogP contribution >= 0.6 is 22.6 Å². The van der Waals surface area contributed by atoms with Gasteiger partial charge in [0.2, 0.25) is 5.91 Å². The second kappa shape index (κ2) is 6.35. The van der Waals surface area contributed by atoms with Crippen LogP contribution in [0.3, 0.4) is 0 Å². The molecule has 3 nitrogen and oxygen atoms in total. The molecule has 0 bridgehead atoms. The summed E-state index contributed by atoms with van der Waals surface area (Å²) in [6.07, 6.45) is 3.88. The maximum absolute atomic E-state index is 11.7. The molecule has 0 radical (unpaired) electrons. The molecule has 1 aromatic carbocycles. The molecule has 1 aromatic rings. The summed E-state index contributed by atoms with van der Waals surface area (Å²) in [5, 5.41) is 2.90. The number of halogens is 1. The quantitative estimate of drug-likeness (QED) is 0.852. The minimum absolute atomic E-state index is 0.0710. The van der Waals surface area contributed by atoms with E-state index in [9.17, 15) is 4.79 Å². The Kier molecular flexibility index (Phi) is 4.79. The van der Waals surface area contributed by atoms with Gasteiger partial charge in [-0.1, -0.05) is 0 Å². The van der Waals surface area contributed by atoms with Crippen LogP contribution in [-0.4, -0.2) is 18.6 Å².